The van der Waals surface area contributed by atoms with Gasteiger partial charge in [-0.05, 0) is 24.5 Å². The molecule has 0 aliphatic rings. The van der Waals surface area contributed by atoms with Crippen molar-refractivity contribution < 1.29 is 19.2 Å². The zero-order valence-electron chi connectivity index (χ0n) is 14.6. The summed E-state index contributed by atoms with van der Waals surface area (Å²) in [7, 11) is 0. The third-order valence-corrected chi connectivity index (χ3v) is 3.56. The Labute approximate surface area is 149 Å². The molecule has 1 aromatic carbocycles. The fourth-order valence-corrected chi connectivity index (χ4v) is 2.05. The number of aromatic amines is 1. The van der Waals surface area contributed by atoms with Crippen LogP contribution in [-0.4, -0.2) is 22.5 Å². The summed E-state index contributed by atoms with van der Waals surface area (Å²) in [5.41, 5.74) is 0.195. The quantitative estimate of drug-likeness (QED) is 0.440. The van der Waals surface area contributed by atoms with Crippen molar-refractivity contribution in [3.05, 3.63) is 68.1 Å². The van der Waals surface area contributed by atoms with E-state index in [2.05, 4.69) is 18.8 Å². The molecule has 0 bridgehead atoms. The highest BCUT2D eigenvalue weighted by Crippen LogP contribution is 2.13. The number of nitrogens with zero attached hydrogens (tertiary/aromatic N) is 1. The molecule has 0 fully saturated rings. The van der Waals surface area contributed by atoms with Crippen molar-refractivity contribution >= 4 is 11.7 Å². The molecule has 1 heterocycles. The van der Waals surface area contributed by atoms with Gasteiger partial charge in [-0.2, -0.15) is 0 Å². The van der Waals surface area contributed by atoms with Crippen molar-refractivity contribution in [3.63, 3.8) is 0 Å². The second kappa shape index (κ2) is 8.80. The smallest absolute Gasteiger partial charge is 0.338 e. The molecule has 0 amide bonds. The van der Waals surface area contributed by atoms with E-state index in [9.17, 15) is 19.7 Å². The number of esters is 1. The highest BCUT2D eigenvalue weighted by molar-refractivity contribution is 5.89. The second-order valence-corrected chi connectivity index (χ2v) is 6.10. The van der Waals surface area contributed by atoms with E-state index in [0.717, 1.165) is 6.42 Å². The lowest BCUT2D eigenvalue weighted by Gasteiger charge is -2.09. The highest BCUT2D eigenvalue weighted by Gasteiger charge is 2.11. The van der Waals surface area contributed by atoms with Crippen molar-refractivity contribution in [3.8, 4) is 5.75 Å². The van der Waals surface area contributed by atoms with Gasteiger partial charge in [-0.15, -0.1) is 0 Å². The molecule has 2 rings (SSSR count). The number of hydrogen-bond donors (Lipinski definition) is 1. The van der Waals surface area contributed by atoms with E-state index in [1.54, 1.807) is 0 Å². The number of rotatable bonds is 8. The maximum absolute atomic E-state index is 12.0. The zero-order valence-corrected chi connectivity index (χ0v) is 14.6. The van der Waals surface area contributed by atoms with Crippen LogP contribution in [0.25, 0.3) is 0 Å². The molecule has 0 aliphatic heterocycles. The number of H-pyrrole nitrogens is 1. The maximum atomic E-state index is 12.0. The maximum Gasteiger partial charge on any atom is 0.338 e. The van der Waals surface area contributed by atoms with Crippen LogP contribution in [0.1, 0.15) is 36.3 Å². The molecular formula is C18H20N2O6. The standard InChI is InChI=1S/C18H20N2O6/c1-12(2)7-8-25-17-10-19-14(9-16(17)21)11-26-18(22)13-3-5-15(6-4-13)20(23)24/h3-6,9-10,12H,7-8,11H2,1-2H3,(H,19,21). The number of benzene rings is 1. The van der Waals surface area contributed by atoms with Crippen molar-refractivity contribution in [1.29, 1.82) is 0 Å². The van der Waals surface area contributed by atoms with Crippen molar-refractivity contribution in [2.75, 3.05) is 6.61 Å². The highest BCUT2D eigenvalue weighted by atomic mass is 16.6. The Morgan fingerprint density at radius 2 is 1.96 bits per heavy atom. The van der Waals surface area contributed by atoms with Crippen molar-refractivity contribution in [2.24, 2.45) is 5.92 Å². The van der Waals surface area contributed by atoms with Gasteiger partial charge in [0.15, 0.2) is 5.75 Å². The Kier molecular flexibility index (Phi) is 6.48. The van der Waals surface area contributed by atoms with E-state index in [1.165, 1.54) is 36.5 Å². The van der Waals surface area contributed by atoms with E-state index in [4.69, 9.17) is 9.47 Å². The van der Waals surface area contributed by atoms with Gasteiger partial charge in [0.1, 0.15) is 6.61 Å². The average molecular weight is 360 g/mol. The largest absolute Gasteiger partial charge is 0.488 e. The molecule has 0 saturated heterocycles. The van der Waals surface area contributed by atoms with Crippen LogP contribution in [0.3, 0.4) is 0 Å². The number of nitrogens with one attached hydrogen (secondary N) is 1. The summed E-state index contributed by atoms with van der Waals surface area (Å²) in [5, 5.41) is 10.6. The van der Waals surface area contributed by atoms with Gasteiger partial charge in [0, 0.05) is 24.4 Å². The van der Waals surface area contributed by atoms with Gasteiger partial charge in [0.2, 0.25) is 5.43 Å². The van der Waals surface area contributed by atoms with Crippen LogP contribution in [0.15, 0.2) is 41.3 Å². The van der Waals surface area contributed by atoms with Gasteiger partial charge in [-0.1, -0.05) is 13.8 Å². The van der Waals surface area contributed by atoms with Gasteiger partial charge in [0.25, 0.3) is 5.69 Å². The number of nitro groups is 1. The minimum absolute atomic E-state index is 0.112. The van der Waals surface area contributed by atoms with Gasteiger partial charge in [-0.25, -0.2) is 4.79 Å². The normalized spacial score (nSPS) is 10.6. The SMILES string of the molecule is CC(C)CCOc1c[nH]c(COC(=O)c2ccc([N+](=O)[O-])cc2)cc1=O. The van der Waals surface area contributed by atoms with Gasteiger partial charge >= 0.3 is 5.97 Å². The summed E-state index contributed by atoms with van der Waals surface area (Å²) in [5.74, 6) is 0.0568. The Bertz CT molecular complexity index is 826. The molecule has 0 unspecified atom stereocenters. The van der Waals surface area contributed by atoms with E-state index in [-0.39, 0.29) is 29.0 Å². The number of ether oxygens (including phenoxy) is 2. The molecule has 8 heteroatoms. The molecule has 0 saturated carbocycles. The fourth-order valence-electron chi connectivity index (χ4n) is 2.05. The monoisotopic (exact) mass is 360 g/mol. The Morgan fingerprint density at radius 3 is 2.54 bits per heavy atom. The first kappa shape index (κ1) is 19.2. The average Bonchev–Trinajstić information content (AvgIpc) is 2.61. The summed E-state index contributed by atoms with van der Waals surface area (Å²) in [6, 6.07) is 6.39. The summed E-state index contributed by atoms with van der Waals surface area (Å²) in [6.45, 7) is 4.46. The van der Waals surface area contributed by atoms with E-state index in [0.29, 0.717) is 18.2 Å². The molecule has 2 aromatic rings. The Morgan fingerprint density at radius 1 is 1.27 bits per heavy atom. The van der Waals surface area contributed by atoms with E-state index in [1.807, 2.05) is 0 Å². The summed E-state index contributed by atoms with van der Waals surface area (Å²) < 4.78 is 10.5. The van der Waals surface area contributed by atoms with Crippen LogP contribution < -0.4 is 10.2 Å². The molecule has 0 radical (unpaired) electrons. The third kappa shape index (κ3) is 5.44. The molecular weight excluding hydrogens is 340 g/mol. The molecule has 0 aliphatic carbocycles. The predicted octanol–water partition coefficient (Wildman–Crippen LogP) is 3.07. The van der Waals surface area contributed by atoms with Gasteiger partial charge < -0.3 is 14.5 Å². The lowest BCUT2D eigenvalue weighted by atomic mass is 10.1. The minimum Gasteiger partial charge on any atom is -0.488 e. The lowest BCUT2D eigenvalue weighted by Crippen LogP contribution is -2.13. The second-order valence-electron chi connectivity index (χ2n) is 6.10. The van der Waals surface area contributed by atoms with Crippen LogP contribution in [0.5, 0.6) is 5.75 Å². The van der Waals surface area contributed by atoms with Crippen LogP contribution in [-0.2, 0) is 11.3 Å². The molecule has 1 aromatic heterocycles. The lowest BCUT2D eigenvalue weighted by molar-refractivity contribution is -0.384. The third-order valence-electron chi connectivity index (χ3n) is 3.56. The summed E-state index contributed by atoms with van der Waals surface area (Å²) >= 11 is 0. The Hall–Kier alpha value is -3.16. The van der Waals surface area contributed by atoms with Crippen LogP contribution in [0, 0.1) is 16.0 Å². The topological polar surface area (TPSA) is 112 Å². The number of pyridine rings is 1. The van der Waals surface area contributed by atoms with Crippen molar-refractivity contribution in [2.45, 2.75) is 26.9 Å². The number of aromatic nitrogens is 1. The molecule has 0 spiro atoms. The number of nitro benzene ring substituents is 1. The number of carbonyl (C=O) groups excluding carboxylic acids is 1. The molecule has 8 nitrogen and oxygen atoms in total. The van der Waals surface area contributed by atoms with Crippen LogP contribution >= 0.6 is 0 Å². The van der Waals surface area contributed by atoms with E-state index < -0.39 is 10.9 Å². The molecule has 1 N–H and O–H groups in total. The molecule has 0 atom stereocenters. The minimum atomic E-state index is -0.641. The number of hydrogen-bond acceptors (Lipinski definition) is 6. The first-order valence-corrected chi connectivity index (χ1v) is 8.13. The number of non-ortho nitro benzene ring substituents is 1. The van der Waals surface area contributed by atoms with Gasteiger partial charge in [-0.3, -0.25) is 14.9 Å². The fraction of sp³-hybridized carbons (Fsp3) is 0.333. The van der Waals surface area contributed by atoms with Crippen LogP contribution in [0.4, 0.5) is 5.69 Å². The molecule has 138 valence electrons. The molecule has 26 heavy (non-hydrogen) atoms. The predicted molar refractivity (Wildman–Crippen MR) is 94.2 cm³/mol. The summed E-state index contributed by atoms with van der Waals surface area (Å²) in [6.07, 6.45) is 2.28. The van der Waals surface area contributed by atoms with E-state index >= 15 is 0 Å². The Balaban J connectivity index is 1.92. The summed E-state index contributed by atoms with van der Waals surface area (Å²) in [4.78, 5) is 36.8. The van der Waals surface area contributed by atoms with Crippen LogP contribution in [0.2, 0.25) is 0 Å². The van der Waals surface area contributed by atoms with Crippen molar-refractivity contribution in [1.82, 2.24) is 4.98 Å². The first-order chi connectivity index (χ1) is 12.4. The zero-order chi connectivity index (χ0) is 19.1. The first-order valence-electron chi connectivity index (χ1n) is 8.13. The number of carbonyl (C=O) groups is 1. The van der Waals surface area contributed by atoms with Gasteiger partial charge in [0.05, 0.1) is 22.8 Å².